The van der Waals surface area contributed by atoms with Crippen LogP contribution in [0.4, 0.5) is 0 Å². The average molecular weight is 353 g/mol. The van der Waals surface area contributed by atoms with Crippen LogP contribution in [0.1, 0.15) is 48.0 Å². The second kappa shape index (κ2) is 9.27. The molecule has 0 heterocycles. The zero-order valence-electron chi connectivity index (χ0n) is 15.4. The first kappa shape index (κ1) is 18.3. The van der Waals surface area contributed by atoms with Crippen molar-refractivity contribution in [2.75, 3.05) is 13.7 Å². The highest BCUT2D eigenvalue weighted by atomic mass is 16.5. The Balaban J connectivity index is 1.51. The highest BCUT2D eigenvalue weighted by Crippen LogP contribution is 2.32. The van der Waals surface area contributed by atoms with Crippen LogP contribution in [0.15, 0.2) is 48.5 Å². The van der Waals surface area contributed by atoms with Gasteiger partial charge in [-0.2, -0.15) is 0 Å². The number of rotatable bonds is 8. The molecule has 1 aliphatic carbocycles. The van der Waals surface area contributed by atoms with Crippen molar-refractivity contribution >= 4 is 5.91 Å². The highest BCUT2D eigenvalue weighted by molar-refractivity contribution is 5.94. The van der Waals surface area contributed by atoms with Gasteiger partial charge < -0.3 is 14.8 Å². The topological polar surface area (TPSA) is 47.6 Å². The number of benzene rings is 2. The Morgan fingerprint density at radius 3 is 2.58 bits per heavy atom. The lowest BCUT2D eigenvalue weighted by Crippen LogP contribution is -2.24. The van der Waals surface area contributed by atoms with Crippen LogP contribution in [0.2, 0.25) is 0 Å². The summed E-state index contributed by atoms with van der Waals surface area (Å²) in [7, 11) is 1.61. The van der Waals surface area contributed by atoms with Crippen molar-refractivity contribution in [2.24, 2.45) is 0 Å². The van der Waals surface area contributed by atoms with E-state index in [9.17, 15) is 4.79 Å². The summed E-state index contributed by atoms with van der Waals surface area (Å²) >= 11 is 0. The summed E-state index contributed by atoms with van der Waals surface area (Å²) in [6, 6.07) is 15.7. The van der Waals surface area contributed by atoms with E-state index in [-0.39, 0.29) is 12.0 Å². The van der Waals surface area contributed by atoms with Gasteiger partial charge in [-0.3, -0.25) is 4.79 Å². The van der Waals surface area contributed by atoms with Gasteiger partial charge >= 0.3 is 0 Å². The van der Waals surface area contributed by atoms with Crippen LogP contribution in [0.3, 0.4) is 0 Å². The molecule has 4 nitrogen and oxygen atoms in total. The minimum absolute atomic E-state index is 0.0798. The van der Waals surface area contributed by atoms with Crippen LogP contribution in [-0.2, 0) is 6.42 Å². The van der Waals surface area contributed by atoms with Gasteiger partial charge in [0.1, 0.15) is 0 Å². The number of carbonyl (C=O) groups is 1. The number of nitrogens with one attached hydrogen (secondary N) is 1. The number of carbonyl (C=O) groups excluding carboxylic acids is 1. The molecule has 1 saturated carbocycles. The molecule has 4 heteroatoms. The Morgan fingerprint density at radius 1 is 1.08 bits per heavy atom. The Kier molecular flexibility index (Phi) is 6.53. The largest absolute Gasteiger partial charge is 0.493 e. The third kappa shape index (κ3) is 5.01. The van der Waals surface area contributed by atoms with Crippen LogP contribution in [0, 0.1) is 0 Å². The molecule has 0 radical (unpaired) electrons. The van der Waals surface area contributed by atoms with Crippen molar-refractivity contribution < 1.29 is 14.3 Å². The molecule has 0 saturated heterocycles. The number of aryl methyl sites for hydroxylation is 1. The van der Waals surface area contributed by atoms with Gasteiger partial charge in [0.2, 0.25) is 0 Å². The van der Waals surface area contributed by atoms with Gasteiger partial charge in [0.25, 0.3) is 5.91 Å². The molecule has 0 atom stereocenters. The predicted octanol–water partition coefficient (Wildman–Crippen LogP) is 4.38. The lowest BCUT2D eigenvalue weighted by molar-refractivity contribution is 0.0952. The summed E-state index contributed by atoms with van der Waals surface area (Å²) in [4.78, 5) is 12.4. The second-order valence-corrected chi connectivity index (χ2v) is 6.74. The summed E-state index contributed by atoms with van der Waals surface area (Å²) in [5.74, 6) is 1.26. The van der Waals surface area contributed by atoms with E-state index < -0.39 is 0 Å². The molecule has 26 heavy (non-hydrogen) atoms. The normalized spacial score (nSPS) is 14.2. The number of methoxy groups -OCH3 is 1. The summed E-state index contributed by atoms with van der Waals surface area (Å²) in [5, 5.41) is 2.98. The van der Waals surface area contributed by atoms with Gasteiger partial charge in [-0.25, -0.2) is 0 Å². The van der Waals surface area contributed by atoms with Gasteiger partial charge in [0.15, 0.2) is 11.5 Å². The molecule has 0 bridgehead atoms. The van der Waals surface area contributed by atoms with Gasteiger partial charge in [0.05, 0.1) is 13.2 Å². The van der Waals surface area contributed by atoms with Gasteiger partial charge in [0, 0.05) is 12.1 Å². The van der Waals surface area contributed by atoms with Crippen LogP contribution in [0.5, 0.6) is 11.5 Å². The monoisotopic (exact) mass is 353 g/mol. The van der Waals surface area contributed by atoms with Crippen molar-refractivity contribution in [2.45, 2.75) is 44.6 Å². The third-order valence-corrected chi connectivity index (χ3v) is 4.79. The first-order chi connectivity index (χ1) is 12.8. The molecule has 138 valence electrons. The third-order valence-electron chi connectivity index (χ3n) is 4.79. The number of hydrogen-bond acceptors (Lipinski definition) is 3. The molecule has 0 spiro atoms. The minimum Gasteiger partial charge on any atom is -0.493 e. The quantitative estimate of drug-likeness (QED) is 0.717. The van der Waals surface area contributed by atoms with Gasteiger partial charge in [-0.1, -0.05) is 30.3 Å². The zero-order chi connectivity index (χ0) is 18.2. The van der Waals surface area contributed by atoms with Crippen molar-refractivity contribution in [1.29, 1.82) is 0 Å². The second-order valence-electron chi connectivity index (χ2n) is 6.74. The predicted molar refractivity (Wildman–Crippen MR) is 103 cm³/mol. The fourth-order valence-corrected chi connectivity index (χ4v) is 3.33. The van der Waals surface area contributed by atoms with E-state index in [2.05, 4.69) is 17.4 Å². The van der Waals surface area contributed by atoms with Crippen molar-refractivity contribution in [3.05, 3.63) is 59.7 Å². The Morgan fingerprint density at radius 2 is 1.85 bits per heavy atom. The van der Waals surface area contributed by atoms with Crippen molar-refractivity contribution in [3.63, 3.8) is 0 Å². The molecule has 1 aliphatic rings. The molecule has 2 aromatic rings. The first-order valence-corrected chi connectivity index (χ1v) is 9.43. The zero-order valence-corrected chi connectivity index (χ0v) is 15.4. The Hall–Kier alpha value is -2.49. The van der Waals surface area contributed by atoms with E-state index in [4.69, 9.17) is 9.47 Å². The van der Waals surface area contributed by atoms with E-state index in [1.807, 2.05) is 24.3 Å². The van der Waals surface area contributed by atoms with Crippen molar-refractivity contribution in [3.8, 4) is 11.5 Å². The van der Waals surface area contributed by atoms with Gasteiger partial charge in [-0.15, -0.1) is 0 Å². The Bertz CT molecular complexity index is 709. The standard InChI is InChI=1S/C22H27NO3/c1-25-21-16-18(13-14-20(21)26-19-11-5-6-12-19)22(24)23-15-7-10-17-8-3-2-4-9-17/h2-4,8-9,13-14,16,19H,5-7,10-12,15H2,1H3,(H,23,24). The summed E-state index contributed by atoms with van der Waals surface area (Å²) in [5.41, 5.74) is 1.89. The fraction of sp³-hybridized carbons (Fsp3) is 0.409. The number of amides is 1. The molecule has 0 aromatic heterocycles. The molecule has 1 amide bonds. The van der Waals surface area contributed by atoms with E-state index in [1.165, 1.54) is 18.4 Å². The van der Waals surface area contributed by atoms with Crippen LogP contribution in [-0.4, -0.2) is 25.7 Å². The molecule has 2 aromatic carbocycles. The average Bonchev–Trinajstić information content (AvgIpc) is 3.19. The SMILES string of the molecule is COc1cc(C(=O)NCCCc2ccccc2)ccc1OC1CCCC1. The van der Waals surface area contributed by atoms with E-state index in [0.717, 1.165) is 31.4 Å². The lowest BCUT2D eigenvalue weighted by atomic mass is 10.1. The molecular weight excluding hydrogens is 326 g/mol. The van der Waals surface area contributed by atoms with Crippen molar-refractivity contribution in [1.82, 2.24) is 5.32 Å². The van der Waals surface area contributed by atoms with E-state index in [0.29, 0.717) is 17.9 Å². The molecule has 0 unspecified atom stereocenters. The highest BCUT2D eigenvalue weighted by Gasteiger charge is 2.19. The lowest BCUT2D eigenvalue weighted by Gasteiger charge is -2.16. The number of hydrogen-bond donors (Lipinski definition) is 1. The van der Waals surface area contributed by atoms with Crippen LogP contribution in [0.25, 0.3) is 0 Å². The van der Waals surface area contributed by atoms with Gasteiger partial charge in [-0.05, 0) is 62.3 Å². The maximum atomic E-state index is 12.4. The summed E-state index contributed by atoms with van der Waals surface area (Å²) in [6.45, 7) is 0.649. The Labute approximate surface area is 155 Å². The molecule has 1 N–H and O–H groups in total. The smallest absolute Gasteiger partial charge is 0.251 e. The fourth-order valence-electron chi connectivity index (χ4n) is 3.33. The summed E-state index contributed by atoms with van der Waals surface area (Å²) in [6.07, 6.45) is 6.75. The maximum absolute atomic E-state index is 12.4. The molecular formula is C22H27NO3. The molecule has 1 fully saturated rings. The first-order valence-electron chi connectivity index (χ1n) is 9.43. The van der Waals surface area contributed by atoms with E-state index >= 15 is 0 Å². The summed E-state index contributed by atoms with van der Waals surface area (Å²) < 4.78 is 11.4. The van der Waals surface area contributed by atoms with Crippen LogP contribution < -0.4 is 14.8 Å². The molecule has 0 aliphatic heterocycles. The number of ether oxygens (including phenoxy) is 2. The minimum atomic E-state index is -0.0798. The van der Waals surface area contributed by atoms with E-state index in [1.54, 1.807) is 19.2 Å². The molecule has 3 rings (SSSR count). The van der Waals surface area contributed by atoms with Crippen LogP contribution >= 0.6 is 0 Å². The maximum Gasteiger partial charge on any atom is 0.251 e.